The second-order valence-corrected chi connectivity index (χ2v) is 14.9. The fraction of sp³-hybridized carbons (Fsp3) is 0. The largest absolute Gasteiger partial charge is 0.455 e. The van der Waals surface area contributed by atoms with Gasteiger partial charge >= 0.3 is 0 Å². The monoisotopic (exact) mass is 752 g/mol. The van der Waals surface area contributed by atoms with Gasteiger partial charge in [0.25, 0.3) is 0 Å². The molecule has 0 amide bonds. The van der Waals surface area contributed by atoms with E-state index in [1.54, 1.807) is 15.9 Å². The molecule has 8 aromatic carbocycles. The van der Waals surface area contributed by atoms with Crippen molar-refractivity contribution in [2.75, 3.05) is 0 Å². The molecule has 6 heteroatoms. The van der Waals surface area contributed by atoms with Crippen LogP contribution in [0.5, 0.6) is 0 Å². The summed E-state index contributed by atoms with van der Waals surface area (Å²) < 4.78 is 65.3. The van der Waals surface area contributed by atoms with Crippen LogP contribution in [0.15, 0.2) is 186 Å². The first-order valence-electron chi connectivity index (χ1n) is 21.5. The molecule has 12 aromatic rings. The molecule has 0 bridgehead atoms. The number of hydrogen-bond donors (Lipinski definition) is 0. The predicted octanol–water partition coefficient (Wildman–Crippen LogP) is 13.9. The van der Waals surface area contributed by atoms with Gasteiger partial charge in [-0.05, 0) is 36.4 Å². The van der Waals surface area contributed by atoms with E-state index in [1.807, 2.05) is 115 Å². The quantitative estimate of drug-likeness (QED) is 0.176. The van der Waals surface area contributed by atoms with E-state index in [1.165, 1.54) is 12.1 Å². The van der Waals surface area contributed by atoms with Crippen LogP contribution in [0.25, 0.3) is 115 Å². The van der Waals surface area contributed by atoms with Crippen molar-refractivity contribution in [1.29, 1.82) is 0 Å². The van der Waals surface area contributed by atoms with E-state index in [0.29, 0.717) is 51.0 Å². The lowest BCUT2D eigenvalue weighted by atomic mass is 9.97. The molecule has 0 radical (unpaired) electrons. The minimum Gasteiger partial charge on any atom is -0.455 e. The minimum absolute atomic E-state index is 0.0763. The summed E-state index contributed by atoms with van der Waals surface area (Å²) in [5, 5.41) is 4.26. The molecule has 0 N–H and O–H groups in total. The van der Waals surface area contributed by atoms with Crippen LogP contribution in [-0.4, -0.2) is 19.5 Å². The number of rotatable bonds is 5. The maximum atomic E-state index is 9.44. The standard InChI is InChI=1S/C51H30N4OS/c1-2-15-31(16-3-1)49-52-50(39-24-14-30-45-46(39)38-20-7-11-29-44(38)57-45)54-51(53-49)40-25-12-21-35(37-23-13-22-36-34-19-6-10-28-43(34)56-48(36)37)47(40)55-41-26-8-4-17-32(41)33-18-5-9-27-42(33)55/h1-30H/i4D,5D,17D,18D,26D,27D. The van der Waals surface area contributed by atoms with Gasteiger partial charge in [0.15, 0.2) is 17.5 Å². The van der Waals surface area contributed by atoms with Gasteiger partial charge in [-0.25, -0.2) is 15.0 Å². The summed E-state index contributed by atoms with van der Waals surface area (Å²) >= 11 is 1.71. The normalized spacial score (nSPS) is 13.3. The zero-order chi connectivity index (χ0) is 42.7. The molecule has 4 aromatic heterocycles. The number of nitrogens with zero attached hydrogens (tertiary/aromatic N) is 4. The Morgan fingerprint density at radius 1 is 0.456 bits per heavy atom. The van der Waals surface area contributed by atoms with Gasteiger partial charge in [0.1, 0.15) is 11.2 Å². The first-order valence-corrected chi connectivity index (χ1v) is 19.3. The van der Waals surface area contributed by atoms with Gasteiger partial charge < -0.3 is 8.98 Å². The number of thiophene rings is 1. The maximum absolute atomic E-state index is 9.44. The van der Waals surface area contributed by atoms with Gasteiger partial charge in [0.2, 0.25) is 0 Å². The summed E-state index contributed by atoms with van der Waals surface area (Å²) in [6.07, 6.45) is 0. The van der Waals surface area contributed by atoms with Crippen molar-refractivity contribution in [3.05, 3.63) is 182 Å². The predicted molar refractivity (Wildman–Crippen MR) is 236 cm³/mol. The average molecular weight is 753 g/mol. The molecule has 0 aliphatic heterocycles. The van der Waals surface area contributed by atoms with Crippen LogP contribution in [0.1, 0.15) is 8.22 Å². The van der Waals surface area contributed by atoms with Gasteiger partial charge in [-0.3, -0.25) is 0 Å². The first kappa shape index (κ1) is 26.4. The second kappa shape index (κ2) is 12.6. The fourth-order valence-corrected chi connectivity index (χ4v) is 9.31. The van der Waals surface area contributed by atoms with Crippen molar-refractivity contribution in [1.82, 2.24) is 19.5 Å². The van der Waals surface area contributed by atoms with E-state index in [9.17, 15) is 5.48 Å². The highest BCUT2D eigenvalue weighted by Gasteiger charge is 2.25. The zero-order valence-corrected chi connectivity index (χ0v) is 30.8. The van der Waals surface area contributed by atoms with Gasteiger partial charge in [0.05, 0.1) is 24.9 Å². The average Bonchev–Trinajstić information content (AvgIpc) is 4.01. The lowest BCUT2D eigenvalue weighted by molar-refractivity contribution is 0.670. The minimum atomic E-state index is -0.202. The highest BCUT2D eigenvalue weighted by molar-refractivity contribution is 7.25. The van der Waals surface area contributed by atoms with Crippen molar-refractivity contribution >= 4 is 75.3 Å². The molecule has 0 aliphatic rings. The van der Waals surface area contributed by atoms with Crippen LogP contribution in [0.4, 0.5) is 0 Å². The number of aromatic nitrogens is 4. The number of para-hydroxylation sites is 5. The SMILES string of the molecule is [2H]c1cc([2H])c2c(c1[2H])c1c([2H])c([2H])cc([2H])c1n2-c1c(-c2nc(-c3ccccc3)nc(-c3cccc4sc5ccccc5c34)n2)cccc1-c1cccc2c1oc1ccccc12. The zero-order valence-electron chi connectivity index (χ0n) is 36.0. The van der Waals surface area contributed by atoms with E-state index in [-0.39, 0.29) is 58.1 Å². The smallest absolute Gasteiger partial charge is 0.166 e. The third-order valence-corrected chi connectivity index (χ3v) is 11.8. The summed E-state index contributed by atoms with van der Waals surface area (Å²) in [7, 11) is 0. The molecule has 4 heterocycles. The van der Waals surface area contributed by atoms with Crippen molar-refractivity contribution in [2.45, 2.75) is 0 Å². The van der Waals surface area contributed by atoms with Crippen LogP contribution in [0.2, 0.25) is 0 Å². The molecule has 57 heavy (non-hydrogen) atoms. The van der Waals surface area contributed by atoms with Crippen LogP contribution in [0.3, 0.4) is 0 Å². The molecule has 0 atom stereocenters. The second-order valence-electron chi connectivity index (χ2n) is 13.8. The summed E-state index contributed by atoms with van der Waals surface area (Å²) in [5.41, 5.74) is 5.73. The van der Waals surface area contributed by atoms with Gasteiger partial charge in [-0.15, -0.1) is 11.3 Å². The van der Waals surface area contributed by atoms with Gasteiger partial charge in [-0.2, -0.15) is 0 Å². The maximum Gasteiger partial charge on any atom is 0.166 e. The number of furan rings is 1. The topological polar surface area (TPSA) is 56.7 Å². The molecule has 0 spiro atoms. The fourth-order valence-electron chi connectivity index (χ4n) is 8.17. The molecule has 0 unspecified atom stereocenters. The summed E-state index contributed by atoms with van der Waals surface area (Å²) in [4.78, 5) is 15.7. The van der Waals surface area contributed by atoms with Crippen LogP contribution in [-0.2, 0) is 0 Å². The molecule has 0 fully saturated rings. The molecule has 0 saturated carbocycles. The van der Waals surface area contributed by atoms with E-state index >= 15 is 0 Å². The number of fused-ring (bicyclic) bond motifs is 9. The van der Waals surface area contributed by atoms with Gasteiger partial charge in [-0.1, -0.05) is 145 Å². The first-order chi connectivity index (χ1) is 30.7. The number of benzene rings is 8. The Morgan fingerprint density at radius 2 is 1.05 bits per heavy atom. The lowest BCUT2D eigenvalue weighted by Gasteiger charge is -2.19. The third-order valence-electron chi connectivity index (χ3n) is 10.6. The number of hydrogen-bond acceptors (Lipinski definition) is 5. The Kier molecular flexibility index (Phi) is 5.82. The highest BCUT2D eigenvalue weighted by Crippen LogP contribution is 2.45. The molecular weight excluding hydrogens is 717 g/mol. The molecule has 5 nitrogen and oxygen atoms in total. The van der Waals surface area contributed by atoms with E-state index in [0.717, 1.165) is 42.1 Å². The van der Waals surface area contributed by atoms with Crippen LogP contribution >= 0.6 is 11.3 Å². The molecule has 266 valence electrons. The van der Waals surface area contributed by atoms with Crippen molar-refractivity contribution in [2.24, 2.45) is 0 Å². The van der Waals surface area contributed by atoms with Gasteiger partial charge in [0, 0.05) is 69.5 Å². The third kappa shape index (κ3) is 4.91. The van der Waals surface area contributed by atoms with E-state index < -0.39 is 0 Å². The summed E-state index contributed by atoms with van der Waals surface area (Å²) in [5.74, 6) is 1.20. The summed E-state index contributed by atoms with van der Waals surface area (Å²) in [6, 6.07) is 45.4. The molecule has 0 saturated heterocycles. The Morgan fingerprint density at radius 3 is 1.88 bits per heavy atom. The Bertz CT molecular complexity index is 3830. The summed E-state index contributed by atoms with van der Waals surface area (Å²) in [6.45, 7) is 0. The Labute approximate surface area is 339 Å². The van der Waals surface area contributed by atoms with Crippen LogP contribution < -0.4 is 0 Å². The highest BCUT2D eigenvalue weighted by atomic mass is 32.1. The van der Waals surface area contributed by atoms with E-state index in [4.69, 9.17) is 22.1 Å². The van der Waals surface area contributed by atoms with Crippen molar-refractivity contribution in [3.8, 4) is 51.0 Å². The lowest BCUT2D eigenvalue weighted by Crippen LogP contribution is -2.05. The molecule has 0 aliphatic carbocycles. The van der Waals surface area contributed by atoms with Crippen molar-refractivity contribution in [3.63, 3.8) is 0 Å². The Balaban J connectivity index is 1.26. The van der Waals surface area contributed by atoms with Crippen LogP contribution in [0, 0.1) is 0 Å². The Hall–Kier alpha value is -7.41. The van der Waals surface area contributed by atoms with E-state index in [2.05, 4.69) is 18.2 Å². The molecular formula is C51H30N4OS. The molecule has 12 rings (SSSR count). The van der Waals surface area contributed by atoms with Crippen molar-refractivity contribution < 1.29 is 12.6 Å².